The Morgan fingerprint density at radius 2 is 1.63 bits per heavy atom. The molecule has 0 N–H and O–H groups in total. The average Bonchev–Trinajstić information content (AvgIpc) is 2.26. The van der Waals surface area contributed by atoms with E-state index in [1.54, 1.807) is 26.0 Å². The normalized spacial score (nSPS) is 12.5. The number of benzene rings is 2. The summed E-state index contributed by atoms with van der Waals surface area (Å²) >= 11 is 9.58. The van der Waals surface area contributed by atoms with Crippen LogP contribution in [0.2, 0.25) is 0 Å². The molecule has 2 aromatic rings. The van der Waals surface area contributed by atoms with Gasteiger partial charge in [0.15, 0.2) is 0 Å². The van der Waals surface area contributed by atoms with Gasteiger partial charge in [-0.1, -0.05) is 22.0 Å². The number of alkyl halides is 1. The fraction of sp³-hybridized carbons (Fsp3) is 0.200. The molecular formula is C15H12BrClF2. The summed E-state index contributed by atoms with van der Waals surface area (Å²) in [5.74, 6) is -0.684. The first-order valence-corrected chi connectivity index (χ1v) is 6.98. The zero-order valence-corrected chi connectivity index (χ0v) is 12.8. The van der Waals surface area contributed by atoms with Crippen LogP contribution in [0, 0.1) is 25.5 Å². The third kappa shape index (κ3) is 2.98. The van der Waals surface area contributed by atoms with Gasteiger partial charge in [0.05, 0.1) is 5.38 Å². The van der Waals surface area contributed by atoms with Crippen LogP contribution in [0.1, 0.15) is 27.6 Å². The predicted octanol–water partition coefficient (Wildman–Crippen LogP) is 5.67. The van der Waals surface area contributed by atoms with Gasteiger partial charge in [-0.15, -0.1) is 11.6 Å². The Bertz CT molecular complexity index is 603. The van der Waals surface area contributed by atoms with Crippen LogP contribution in [0.25, 0.3) is 0 Å². The van der Waals surface area contributed by atoms with E-state index in [2.05, 4.69) is 15.9 Å². The molecule has 0 bridgehead atoms. The quantitative estimate of drug-likeness (QED) is 0.615. The first kappa shape index (κ1) is 14.5. The number of aryl methyl sites for hydroxylation is 2. The van der Waals surface area contributed by atoms with Crippen LogP contribution < -0.4 is 0 Å². The van der Waals surface area contributed by atoms with E-state index in [1.807, 2.05) is 0 Å². The van der Waals surface area contributed by atoms with E-state index in [0.29, 0.717) is 10.0 Å². The van der Waals surface area contributed by atoms with Crippen LogP contribution in [0.15, 0.2) is 34.8 Å². The summed E-state index contributed by atoms with van der Waals surface area (Å²) in [5.41, 5.74) is 2.59. The van der Waals surface area contributed by atoms with Crippen molar-refractivity contribution in [3.05, 3.63) is 68.7 Å². The Kier molecular flexibility index (Phi) is 4.26. The molecule has 0 spiro atoms. The van der Waals surface area contributed by atoms with Gasteiger partial charge in [-0.25, -0.2) is 8.78 Å². The molecule has 0 aliphatic carbocycles. The van der Waals surface area contributed by atoms with Crippen LogP contribution in [-0.4, -0.2) is 0 Å². The predicted molar refractivity (Wildman–Crippen MR) is 77.7 cm³/mol. The summed E-state index contributed by atoms with van der Waals surface area (Å²) in [4.78, 5) is 0. The molecule has 0 aliphatic heterocycles. The van der Waals surface area contributed by atoms with Gasteiger partial charge in [0.25, 0.3) is 0 Å². The second kappa shape index (κ2) is 5.59. The van der Waals surface area contributed by atoms with E-state index in [0.717, 1.165) is 16.7 Å². The first-order valence-electron chi connectivity index (χ1n) is 5.76. The summed E-state index contributed by atoms with van der Waals surface area (Å²) in [5, 5.41) is -0.631. The highest BCUT2D eigenvalue weighted by molar-refractivity contribution is 9.10. The standard InChI is InChI=1S/C15H12BrClF2/c1-8-5-11(18)6-9(2)14(8)15(17)12-4-3-10(16)7-13(12)19/h3-7,15H,1-2H3. The van der Waals surface area contributed by atoms with Gasteiger partial charge >= 0.3 is 0 Å². The maximum absolute atomic E-state index is 13.9. The van der Waals surface area contributed by atoms with Crippen molar-refractivity contribution in [1.82, 2.24) is 0 Å². The highest BCUT2D eigenvalue weighted by Crippen LogP contribution is 2.35. The van der Waals surface area contributed by atoms with Gasteiger partial charge in [-0.3, -0.25) is 0 Å². The fourth-order valence-electron chi connectivity index (χ4n) is 2.18. The molecular weight excluding hydrogens is 334 g/mol. The fourth-order valence-corrected chi connectivity index (χ4v) is 3.04. The van der Waals surface area contributed by atoms with Crippen LogP contribution in [0.4, 0.5) is 8.78 Å². The van der Waals surface area contributed by atoms with E-state index in [-0.39, 0.29) is 11.6 Å². The number of hydrogen-bond donors (Lipinski definition) is 0. The van der Waals surface area contributed by atoms with Crippen LogP contribution in [-0.2, 0) is 0 Å². The number of halogens is 4. The second-order valence-corrected chi connectivity index (χ2v) is 5.83. The molecule has 1 atom stereocenters. The molecule has 4 heteroatoms. The Morgan fingerprint density at radius 3 is 2.16 bits per heavy atom. The topological polar surface area (TPSA) is 0 Å². The summed E-state index contributed by atoms with van der Waals surface area (Å²) < 4.78 is 27.9. The van der Waals surface area contributed by atoms with E-state index in [1.165, 1.54) is 18.2 Å². The van der Waals surface area contributed by atoms with Crippen molar-refractivity contribution < 1.29 is 8.78 Å². The SMILES string of the molecule is Cc1cc(F)cc(C)c1C(Cl)c1ccc(Br)cc1F. The molecule has 0 aromatic heterocycles. The molecule has 0 heterocycles. The zero-order valence-electron chi connectivity index (χ0n) is 10.5. The molecule has 0 saturated heterocycles. The Morgan fingerprint density at radius 1 is 1.05 bits per heavy atom. The minimum absolute atomic E-state index is 0.307. The van der Waals surface area contributed by atoms with Crippen molar-refractivity contribution in [3.63, 3.8) is 0 Å². The van der Waals surface area contributed by atoms with Gasteiger partial charge in [0.1, 0.15) is 11.6 Å². The number of hydrogen-bond acceptors (Lipinski definition) is 0. The Hall–Kier alpha value is -0.930. The molecule has 2 rings (SSSR count). The first-order chi connectivity index (χ1) is 8.90. The third-order valence-corrected chi connectivity index (χ3v) is 3.99. The molecule has 0 nitrogen and oxygen atoms in total. The molecule has 100 valence electrons. The van der Waals surface area contributed by atoms with Gasteiger partial charge in [0, 0.05) is 10.0 Å². The molecule has 19 heavy (non-hydrogen) atoms. The zero-order chi connectivity index (χ0) is 14.2. The third-order valence-electron chi connectivity index (χ3n) is 3.05. The molecule has 2 aromatic carbocycles. The summed E-state index contributed by atoms with van der Waals surface area (Å²) in [7, 11) is 0. The van der Waals surface area contributed by atoms with E-state index in [9.17, 15) is 8.78 Å². The lowest BCUT2D eigenvalue weighted by Gasteiger charge is -2.17. The monoisotopic (exact) mass is 344 g/mol. The molecule has 1 unspecified atom stereocenters. The minimum atomic E-state index is -0.631. The summed E-state index contributed by atoms with van der Waals surface area (Å²) in [6, 6.07) is 7.57. The van der Waals surface area contributed by atoms with Crippen molar-refractivity contribution in [2.24, 2.45) is 0 Å². The van der Waals surface area contributed by atoms with Gasteiger partial charge in [-0.05, 0) is 54.8 Å². The lowest BCUT2D eigenvalue weighted by Crippen LogP contribution is -2.03. The Labute approximate surface area is 124 Å². The van der Waals surface area contributed by atoms with Crippen LogP contribution in [0.5, 0.6) is 0 Å². The van der Waals surface area contributed by atoms with E-state index in [4.69, 9.17) is 11.6 Å². The van der Waals surface area contributed by atoms with Crippen LogP contribution >= 0.6 is 27.5 Å². The molecule has 0 saturated carbocycles. The highest BCUT2D eigenvalue weighted by Gasteiger charge is 2.19. The smallest absolute Gasteiger partial charge is 0.129 e. The van der Waals surface area contributed by atoms with Crippen molar-refractivity contribution >= 4 is 27.5 Å². The van der Waals surface area contributed by atoms with Crippen molar-refractivity contribution in [1.29, 1.82) is 0 Å². The lowest BCUT2D eigenvalue weighted by atomic mass is 9.95. The molecule has 0 amide bonds. The maximum Gasteiger partial charge on any atom is 0.129 e. The number of rotatable bonds is 2. The van der Waals surface area contributed by atoms with E-state index < -0.39 is 5.38 Å². The molecule has 0 fully saturated rings. The van der Waals surface area contributed by atoms with Crippen molar-refractivity contribution in [2.45, 2.75) is 19.2 Å². The van der Waals surface area contributed by atoms with Crippen molar-refractivity contribution in [3.8, 4) is 0 Å². The average molecular weight is 346 g/mol. The maximum atomic E-state index is 13.9. The summed E-state index contributed by atoms with van der Waals surface area (Å²) in [6.07, 6.45) is 0. The van der Waals surface area contributed by atoms with Crippen molar-refractivity contribution in [2.75, 3.05) is 0 Å². The van der Waals surface area contributed by atoms with Crippen LogP contribution in [0.3, 0.4) is 0 Å². The molecule has 0 aliphatic rings. The highest BCUT2D eigenvalue weighted by atomic mass is 79.9. The largest absolute Gasteiger partial charge is 0.207 e. The summed E-state index contributed by atoms with van der Waals surface area (Å²) in [6.45, 7) is 3.55. The molecule has 0 radical (unpaired) electrons. The second-order valence-electron chi connectivity index (χ2n) is 4.48. The lowest BCUT2D eigenvalue weighted by molar-refractivity contribution is 0.610. The minimum Gasteiger partial charge on any atom is -0.207 e. The Balaban J connectivity index is 2.53. The van der Waals surface area contributed by atoms with E-state index >= 15 is 0 Å². The van der Waals surface area contributed by atoms with Gasteiger partial charge in [0.2, 0.25) is 0 Å². The van der Waals surface area contributed by atoms with Gasteiger partial charge < -0.3 is 0 Å². The van der Waals surface area contributed by atoms with Gasteiger partial charge in [-0.2, -0.15) is 0 Å².